The van der Waals surface area contributed by atoms with Gasteiger partial charge in [-0.3, -0.25) is 4.99 Å². The lowest BCUT2D eigenvalue weighted by molar-refractivity contribution is 0.438. The van der Waals surface area contributed by atoms with Crippen molar-refractivity contribution in [3.63, 3.8) is 0 Å². The molecule has 2 rings (SSSR count). The number of aliphatic imine (C=N–C) groups is 1. The molecule has 0 amide bonds. The maximum Gasteiger partial charge on any atom is 0.182 e. The average Bonchev–Trinajstić information content (AvgIpc) is 2.27. The second kappa shape index (κ2) is 4.64. The number of nitrogens with one attached hydrogen (secondary N) is 1. The molecule has 17 heavy (non-hydrogen) atoms. The van der Waals surface area contributed by atoms with Gasteiger partial charge in [0.15, 0.2) is 16.8 Å². The van der Waals surface area contributed by atoms with E-state index in [0.29, 0.717) is 11.7 Å². The van der Waals surface area contributed by atoms with Crippen LogP contribution in [0, 0.1) is 17.0 Å². The highest BCUT2D eigenvalue weighted by Gasteiger charge is 2.23. The molecule has 0 fully saturated rings. The van der Waals surface area contributed by atoms with Crippen LogP contribution in [-0.4, -0.2) is 17.5 Å². The van der Waals surface area contributed by atoms with Gasteiger partial charge in [-0.2, -0.15) is 0 Å². The van der Waals surface area contributed by atoms with Crippen LogP contribution in [0.2, 0.25) is 0 Å². The lowest BCUT2D eigenvalue weighted by Crippen LogP contribution is -2.27. The molecule has 92 valence electrons. The van der Waals surface area contributed by atoms with E-state index < -0.39 is 11.6 Å². The van der Waals surface area contributed by atoms with Crippen molar-refractivity contribution in [2.24, 2.45) is 10.4 Å². The van der Waals surface area contributed by atoms with Crippen molar-refractivity contribution in [3.8, 4) is 0 Å². The van der Waals surface area contributed by atoms with Gasteiger partial charge in [-0.25, -0.2) is 8.78 Å². The van der Waals surface area contributed by atoms with Crippen LogP contribution in [0.3, 0.4) is 0 Å². The Balaban J connectivity index is 2.12. The second-order valence-electron chi connectivity index (χ2n) is 4.80. The van der Waals surface area contributed by atoms with Gasteiger partial charge in [0.25, 0.3) is 0 Å². The molecule has 1 heterocycles. The zero-order valence-electron chi connectivity index (χ0n) is 9.76. The Bertz CT molecular complexity index is 458. The Morgan fingerprint density at radius 2 is 2.12 bits per heavy atom. The first-order valence-electron chi connectivity index (χ1n) is 5.36. The predicted molar refractivity (Wildman–Crippen MR) is 68.5 cm³/mol. The van der Waals surface area contributed by atoms with Gasteiger partial charge < -0.3 is 5.32 Å². The number of benzene rings is 1. The van der Waals surface area contributed by atoms with E-state index in [-0.39, 0.29) is 11.1 Å². The van der Waals surface area contributed by atoms with Crippen molar-refractivity contribution in [1.82, 2.24) is 0 Å². The van der Waals surface area contributed by atoms with E-state index >= 15 is 0 Å². The highest BCUT2D eigenvalue weighted by atomic mass is 32.2. The first-order valence-corrected chi connectivity index (χ1v) is 6.35. The molecule has 0 saturated heterocycles. The Kier molecular flexibility index (Phi) is 3.38. The molecule has 0 spiro atoms. The third-order valence-electron chi connectivity index (χ3n) is 2.44. The highest BCUT2D eigenvalue weighted by Crippen LogP contribution is 2.29. The Morgan fingerprint density at radius 1 is 1.35 bits per heavy atom. The summed E-state index contributed by atoms with van der Waals surface area (Å²) in [4.78, 5) is 4.33. The summed E-state index contributed by atoms with van der Waals surface area (Å²) in [6.45, 7) is 4.95. The van der Waals surface area contributed by atoms with E-state index in [0.717, 1.165) is 11.8 Å². The minimum absolute atomic E-state index is 0.135. The molecule has 2 nitrogen and oxygen atoms in total. The molecule has 1 aromatic carbocycles. The Hall–Kier alpha value is -1.10. The van der Waals surface area contributed by atoms with Gasteiger partial charge in [0.2, 0.25) is 0 Å². The highest BCUT2D eigenvalue weighted by molar-refractivity contribution is 8.14. The number of anilines is 1. The fourth-order valence-corrected chi connectivity index (χ4v) is 2.39. The first kappa shape index (κ1) is 12.4. The van der Waals surface area contributed by atoms with Gasteiger partial charge in [-0.15, -0.1) is 0 Å². The summed E-state index contributed by atoms with van der Waals surface area (Å²) in [5.41, 5.74) is 0.298. The smallest absolute Gasteiger partial charge is 0.182 e. The maximum atomic E-state index is 13.4. The van der Waals surface area contributed by atoms with Gasteiger partial charge in [-0.05, 0) is 17.5 Å². The second-order valence-corrected chi connectivity index (χ2v) is 5.76. The molecule has 0 saturated carbocycles. The van der Waals surface area contributed by atoms with Crippen molar-refractivity contribution in [3.05, 3.63) is 29.8 Å². The molecule has 1 aromatic rings. The monoisotopic (exact) mass is 256 g/mol. The standard InChI is InChI=1S/C12H14F2N2S/c1-12(2)6-15-11(17-7-12)16-9-5-3-4-8(13)10(9)14/h3-5H,6-7H2,1-2H3,(H,15,16). The molecular weight excluding hydrogens is 242 g/mol. The van der Waals surface area contributed by atoms with Gasteiger partial charge in [0.05, 0.1) is 5.69 Å². The molecule has 0 unspecified atom stereocenters. The van der Waals surface area contributed by atoms with Gasteiger partial charge >= 0.3 is 0 Å². The maximum absolute atomic E-state index is 13.4. The van der Waals surface area contributed by atoms with Crippen LogP contribution in [0.4, 0.5) is 14.5 Å². The van der Waals surface area contributed by atoms with E-state index in [2.05, 4.69) is 24.2 Å². The number of nitrogens with zero attached hydrogens (tertiary/aromatic N) is 1. The van der Waals surface area contributed by atoms with Crippen LogP contribution in [0.1, 0.15) is 13.8 Å². The zero-order valence-corrected chi connectivity index (χ0v) is 10.6. The molecule has 1 N–H and O–H groups in total. The third-order valence-corrected chi connectivity index (χ3v) is 3.87. The van der Waals surface area contributed by atoms with Crippen LogP contribution in [0.15, 0.2) is 23.2 Å². The average molecular weight is 256 g/mol. The number of halogens is 2. The van der Waals surface area contributed by atoms with Crippen molar-refractivity contribution in [2.45, 2.75) is 13.8 Å². The lowest BCUT2D eigenvalue weighted by Gasteiger charge is -2.27. The van der Waals surface area contributed by atoms with E-state index in [1.807, 2.05) is 0 Å². The van der Waals surface area contributed by atoms with Crippen molar-refractivity contribution >= 4 is 22.6 Å². The largest absolute Gasteiger partial charge is 0.333 e. The number of rotatable bonds is 1. The normalized spacial score (nSPS) is 18.7. The summed E-state index contributed by atoms with van der Waals surface area (Å²) in [7, 11) is 0. The SMILES string of the molecule is CC1(C)CN=C(Nc2cccc(F)c2F)SC1. The van der Waals surface area contributed by atoms with Gasteiger partial charge in [0, 0.05) is 12.3 Å². The van der Waals surface area contributed by atoms with E-state index in [1.54, 1.807) is 0 Å². The summed E-state index contributed by atoms with van der Waals surface area (Å²) in [6, 6.07) is 4.07. The molecule has 0 radical (unpaired) electrons. The topological polar surface area (TPSA) is 24.4 Å². The fraction of sp³-hybridized carbons (Fsp3) is 0.417. The van der Waals surface area contributed by atoms with Gasteiger partial charge in [0.1, 0.15) is 0 Å². The predicted octanol–water partition coefficient (Wildman–Crippen LogP) is 3.51. The summed E-state index contributed by atoms with van der Waals surface area (Å²) in [6.07, 6.45) is 0. The van der Waals surface area contributed by atoms with Crippen LogP contribution < -0.4 is 5.32 Å². The first-order chi connectivity index (χ1) is 7.98. The molecule has 1 aliphatic rings. The van der Waals surface area contributed by atoms with E-state index in [4.69, 9.17) is 0 Å². The summed E-state index contributed by atoms with van der Waals surface area (Å²) in [5.74, 6) is -0.798. The molecule has 0 aliphatic carbocycles. The van der Waals surface area contributed by atoms with Crippen LogP contribution in [0.5, 0.6) is 0 Å². The van der Waals surface area contributed by atoms with Crippen LogP contribution >= 0.6 is 11.8 Å². The number of thioether (sulfide) groups is 1. The summed E-state index contributed by atoms with van der Waals surface area (Å²) in [5, 5.41) is 3.47. The fourth-order valence-electron chi connectivity index (χ4n) is 1.43. The molecule has 5 heteroatoms. The van der Waals surface area contributed by atoms with Crippen molar-refractivity contribution in [2.75, 3.05) is 17.6 Å². The van der Waals surface area contributed by atoms with Crippen LogP contribution in [-0.2, 0) is 0 Å². The number of hydrogen-bond acceptors (Lipinski definition) is 3. The van der Waals surface area contributed by atoms with Gasteiger partial charge in [-0.1, -0.05) is 31.7 Å². The zero-order chi connectivity index (χ0) is 12.5. The molecule has 0 atom stereocenters. The molecule has 0 aromatic heterocycles. The van der Waals surface area contributed by atoms with E-state index in [1.165, 1.54) is 23.9 Å². The number of hydrogen-bond donors (Lipinski definition) is 1. The minimum atomic E-state index is -0.861. The van der Waals surface area contributed by atoms with Crippen LogP contribution in [0.25, 0.3) is 0 Å². The van der Waals surface area contributed by atoms with E-state index in [9.17, 15) is 8.78 Å². The summed E-state index contributed by atoms with van der Waals surface area (Å²) >= 11 is 1.53. The third kappa shape index (κ3) is 2.97. The Labute approximate surface area is 104 Å². The van der Waals surface area contributed by atoms with Crippen molar-refractivity contribution in [1.29, 1.82) is 0 Å². The number of amidine groups is 1. The summed E-state index contributed by atoms with van der Waals surface area (Å²) < 4.78 is 26.4. The molecule has 0 bridgehead atoms. The quantitative estimate of drug-likeness (QED) is 0.831. The lowest BCUT2D eigenvalue weighted by atomic mass is 9.97. The molecule has 1 aliphatic heterocycles. The molecular formula is C12H14F2N2S. The minimum Gasteiger partial charge on any atom is -0.333 e. The Morgan fingerprint density at radius 3 is 2.76 bits per heavy atom. The van der Waals surface area contributed by atoms with Crippen molar-refractivity contribution < 1.29 is 8.78 Å².